The van der Waals surface area contributed by atoms with Gasteiger partial charge in [0.1, 0.15) is 10.7 Å². The van der Waals surface area contributed by atoms with E-state index in [2.05, 4.69) is 20.3 Å². The number of nitrogens with zero attached hydrogens (tertiary/aromatic N) is 1. The van der Waals surface area contributed by atoms with E-state index in [0.29, 0.717) is 11.3 Å². The number of nitrogens with one attached hydrogen (secondary N) is 3. The highest BCUT2D eigenvalue weighted by molar-refractivity contribution is 7.92. The van der Waals surface area contributed by atoms with Gasteiger partial charge in [-0.05, 0) is 37.6 Å². The van der Waals surface area contributed by atoms with Crippen LogP contribution in [0.2, 0.25) is 0 Å². The lowest BCUT2D eigenvalue weighted by Gasteiger charge is -2.17. The number of thiazole rings is 1. The van der Waals surface area contributed by atoms with Crippen molar-refractivity contribution in [2.45, 2.75) is 30.5 Å². The minimum absolute atomic E-state index is 0.186. The molecule has 0 bridgehead atoms. The third-order valence-electron chi connectivity index (χ3n) is 3.90. The molecule has 0 amide bonds. The number of carbonyl (C=O) groups is 1. The molecule has 1 atom stereocenters. The largest absolute Gasteiger partial charge is 0.490 e. The Morgan fingerprint density at radius 3 is 2.53 bits per heavy atom. The van der Waals surface area contributed by atoms with Crippen LogP contribution in [0.25, 0.3) is 0 Å². The molecule has 0 radical (unpaired) electrons. The topological polar surface area (TPSA) is 120 Å². The number of anilines is 2. The second kappa shape index (κ2) is 9.57. The van der Waals surface area contributed by atoms with Crippen molar-refractivity contribution >= 4 is 38.8 Å². The maximum Gasteiger partial charge on any atom is 0.490 e. The highest BCUT2D eigenvalue weighted by Gasteiger charge is 2.38. The summed E-state index contributed by atoms with van der Waals surface area (Å²) in [6.45, 7) is 3.49. The summed E-state index contributed by atoms with van der Waals surface area (Å²) in [5.41, 5.74) is 2.79. The van der Waals surface area contributed by atoms with Gasteiger partial charge in [0.2, 0.25) is 0 Å². The molecule has 14 heteroatoms. The molecule has 30 heavy (non-hydrogen) atoms. The molecule has 1 aromatic heterocycles. The Bertz CT molecular complexity index is 976. The van der Waals surface area contributed by atoms with Crippen molar-refractivity contribution in [2.75, 3.05) is 23.1 Å². The molecule has 2 aromatic rings. The first kappa shape index (κ1) is 23.8. The number of sulfonamides is 1. The number of halogens is 4. The van der Waals surface area contributed by atoms with E-state index in [1.807, 2.05) is 0 Å². The average Bonchev–Trinajstić information content (AvgIpc) is 3.31. The summed E-state index contributed by atoms with van der Waals surface area (Å²) in [7, 11) is -4.00. The van der Waals surface area contributed by atoms with Gasteiger partial charge in [0.05, 0.1) is 5.51 Å². The van der Waals surface area contributed by atoms with Crippen LogP contribution in [-0.4, -0.2) is 49.8 Å². The predicted octanol–water partition coefficient (Wildman–Crippen LogP) is 2.80. The SMILES string of the molecule is Cc1cc(S(=O)(=O)Nc2cscn2)c(F)cc1N[C@H]1CCNC1.O=C(O)C(F)(F)F. The predicted molar refractivity (Wildman–Crippen MR) is 103 cm³/mol. The molecule has 4 N–H and O–H groups in total. The van der Waals surface area contributed by atoms with E-state index in [4.69, 9.17) is 9.90 Å². The van der Waals surface area contributed by atoms with Gasteiger partial charge in [-0.2, -0.15) is 13.2 Å². The minimum atomic E-state index is -5.08. The van der Waals surface area contributed by atoms with E-state index in [1.54, 1.807) is 12.3 Å². The van der Waals surface area contributed by atoms with E-state index in [-0.39, 0.29) is 16.8 Å². The number of carboxylic acid groups (broad SMARTS) is 1. The maximum atomic E-state index is 14.3. The number of carboxylic acids is 1. The molecule has 2 heterocycles. The van der Waals surface area contributed by atoms with Gasteiger partial charge >= 0.3 is 12.1 Å². The molecule has 0 spiro atoms. The van der Waals surface area contributed by atoms with E-state index in [1.165, 1.54) is 29.0 Å². The van der Waals surface area contributed by atoms with Crippen LogP contribution in [0.1, 0.15) is 12.0 Å². The monoisotopic (exact) mass is 470 g/mol. The fourth-order valence-electron chi connectivity index (χ4n) is 2.47. The molecule has 1 aliphatic rings. The molecule has 1 fully saturated rings. The number of aryl methyl sites for hydroxylation is 1. The quantitative estimate of drug-likeness (QED) is 0.496. The molecule has 8 nitrogen and oxygen atoms in total. The van der Waals surface area contributed by atoms with Gasteiger partial charge in [0, 0.05) is 23.7 Å². The van der Waals surface area contributed by atoms with Gasteiger partial charge in [-0.25, -0.2) is 22.6 Å². The summed E-state index contributed by atoms with van der Waals surface area (Å²) < 4.78 is 73.0. The second-order valence-corrected chi connectivity index (χ2v) is 8.58. The van der Waals surface area contributed by atoms with Crippen LogP contribution >= 0.6 is 11.3 Å². The van der Waals surface area contributed by atoms with Gasteiger partial charge in [0.15, 0.2) is 5.82 Å². The molecular weight excluding hydrogens is 452 g/mol. The average molecular weight is 470 g/mol. The Hall–Kier alpha value is -2.45. The molecule has 1 aliphatic heterocycles. The summed E-state index contributed by atoms with van der Waals surface area (Å²) in [6.07, 6.45) is -4.13. The first-order valence-electron chi connectivity index (χ1n) is 8.38. The zero-order valence-corrected chi connectivity index (χ0v) is 17.1. The molecular formula is C16H18F4N4O4S2. The van der Waals surface area contributed by atoms with Gasteiger partial charge in [-0.1, -0.05) is 0 Å². The van der Waals surface area contributed by atoms with E-state index >= 15 is 0 Å². The van der Waals surface area contributed by atoms with E-state index in [0.717, 1.165) is 19.5 Å². The van der Waals surface area contributed by atoms with Crippen molar-refractivity contribution in [1.29, 1.82) is 0 Å². The molecule has 1 aromatic carbocycles. The lowest BCUT2D eigenvalue weighted by Crippen LogP contribution is -2.23. The lowest BCUT2D eigenvalue weighted by atomic mass is 10.1. The first-order chi connectivity index (χ1) is 13.9. The van der Waals surface area contributed by atoms with E-state index in [9.17, 15) is 26.0 Å². The van der Waals surface area contributed by atoms with Crippen LogP contribution < -0.4 is 15.4 Å². The number of alkyl halides is 3. The number of hydrogen-bond acceptors (Lipinski definition) is 7. The Balaban J connectivity index is 0.000000396. The maximum absolute atomic E-state index is 14.3. The number of hydrogen-bond donors (Lipinski definition) is 4. The lowest BCUT2D eigenvalue weighted by molar-refractivity contribution is -0.192. The van der Waals surface area contributed by atoms with Crippen molar-refractivity contribution in [3.05, 3.63) is 34.4 Å². The van der Waals surface area contributed by atoms with Crippen molar-refractivity contribution in [3.63, 3.8) is 0 Å². The number of benzene rings is 1. The molecule has 0 unspecified atom stereocenters. The van der Waals surface area contributed by atoms with E-state index < -0.39 is 28.0 Å². The van der Waals surface area contributed by atoms with Gasteiger partial charge in [0.25, 0.3) is 10.0 Å². The fourth-order valence-corrected chi connectivity index (χ4v) is 4.17. The van der Waals surface area contributed by atoms with Gasteiger partial charge < -0.3 is 15.7 Å². The molecule has 3 rings (SSSR count). The van der Waals surface area contributed by atoms with Crippen LogP contribution in [0.15, 0.2) is 27.9 Å². The van der Waals surface area contributed by atoms with Crippen molar-refractivity contribution in [1.82, 2.24) is 10.3 Å². The van der Waals surface area contributed by atoms with Crippen molar-refractivity contribution in [2.24, 2.45) is 0 Å². The zero-order valence-electron chi connectivity index (χ0n) is 15.5. The second-order valence-electron chi connectivity index (χ2n) is 6.21. The van der Waals surface area contributed by atoms with Crippen molar-refractivity contribution < 1.29 is 35.9 Å². The number of aliphatic carboxylic acids is 1. The summed E-state index contributed by atoms with van der Waals surface area (Å²) in [6, 6.07) is 2.81. The van der Waals surface area contributed by atoms with Crippen LogP contribution in [0, 0.1) is 12.7 Å². The minimum Gasteiger partial charge on any atom is -0.475 e. The van der Waals surface area contributed by atoms with Crippen LogP contribution in [-0.2, 0) is 14.8 Å². The standard InChI is InChI=1S/C14H17FN4O2S2.C2HF3O2/c1-9-4-13(23(20,21)19-14-7-22-8-17-14)11(15)5-12(9)18-10-2-3-16-6-10;3-2(4,5)1(6)7/h4-5,7-8,10,16,18-19H,2-3,6H2,1H3;(H,6,7)/t10-;/m0./s1. The molecule has 0 aliphatic carbocycles. The highest BCUT2D eigenvalue weighted by Crippen LogP contribution is 2.26. The van der Waals surface area contributed by atoms with Gasteiger partial charge in [-0.3, -0.25) is 4.72 Å². The number of aromatic nitrogens is 1. The van der Waals surface area contributed by atoms with Crippen LogP contribution in [0.4, 0.5) is 29.1 Å². The first-order valence-corrected chi connectivity index (χ1v) is 10.8. The molecule has 0 saturated carbocycles. The Morgan fingerprint density at radius 2 is 2.03 bits per heavy atom. The normalized spacial score (nSPS) is 16.5. The van der Waals surface area contributed by atoms with Crippen LogP contribution in [0.5, 0.6) is 0 Å². The van der Waals surface area contributed by atoms with Crippen molar-refractivity contribution in [3.8, 4) is 0 Å². The highest BCUT2D eigenvalue weighted by atomic mass is 32.2. The third-order valence-corrected chi connectivity index (χ3v) is 5.86. The zero-order chi connectivity index (χ0) is 22.5. The van der Waals surface area contributed by atoms with Gasteiger partial charge in [-0.15, -0.1) is 11.3 Å². The fraction of sp³-hybridized carbons (Fsp3) is 0.375. The summed E-state index contributed by atoms with van der Waals surface area (Å²) in [5.74, 6) is -3.36. The Labute approximate surface area is 173 Å². The summed E-state index contributed by atoms with van der Waals surface area (Å²) in [5, 5.41) is 15.1. The number of rotatable bonds is 5. The summed E-state index contributed by atoms with van der Waals surface area (Å²) in [4.78, 5) is 12.4. The smallest absolute Gasteiger partial charge is 0.475 e. The van der Waals surface area contributed by atoms with Crippen LogP contribution in [0.3, 0.4) is 0 Å². The Morgan fingerprint density at radius 1 is 1.37 bits per heavy atom. The third kappa shape index (κ3) is 6.53. The molecule has 166 valence electrons. The molecule has 1 saturated heterocycles. The summed E-state index contributed by atoms with van der Waals surface area (Å²) >= 11 is 1.26. The Kier molecular flexibility index (Phi) is 7.60.